The number of ether oxygens (including phenoxy) is 3. The predicted octanol–water partition coefficient (Wildman–Crippen LogP) is 4.58. The fraction of sp³-hybridized carbons (Fsp3) is 0.647. The van der Waals surface area contributed by atoms with Crippen LogP contribution in [0.15, 0.2) is 18.2 Å². The number of hydrogen-bond acceptors (Lipinski definition) is 3. The molecule has 3 nitrogen and oxygen atoms in total. The van der Waals surface area contributed by atoms with Gasteiger partial charge >= 0.3 is 0 Å². The fourth-order valence-electron chi connectivity index (χ4n) is 2.41. The highest BCUT2D eigenvalue weighted by atomic mass is 35.5. The van der Waals surface area contributed by atoms with Crippen molar-refractivity contribution < 1.29 is 14.2 Å². The van der Waals surface area contributed by atoms with Gasteiger partial charge in [-0.3, -0.25) is 0 Å². The van der Waals surface area contributed by atoms with Gasteiger partial charge in [0, 0.05) is 12.5 Å². The lowest BCUT2D eigenvalue weighted by molar-refractivity contribution is 0.185. The summed E-state index contributed by atoms with van der Waals surface area (Å²) in [6.07, 6.45) is 2.97. The second-order valence-corrected chi connectivity index (χ2v) is 5.90. The topological polar surface area (TPSA) is 27.7 Å². The van der Waals surface area contributed by atoms with Gasteiger partial charge in [0.05, 0.1) is 25.2 Å². The van der Waals surface area contributed by atoms with Crippen LogP contribution in [0.1, 0.15) is 44.1 Å². The van der Waals surface area contributed by atoms with Crippen molar-refractivity contribution >= 4 is 11.6 Å². The largest absolute Gasteiger partial charge is 0.490 e. The average molecular weight is 313 g/mol. The first kappa shape index (κ1) is 16.4. The minimum atomic E-state index is -0.0308. The quantitative estimate of drug-likeness (QED) is 0.658. The van der Waals surface area contributed by atoms with Crippen LogP contribution in [-0.2, 0) is 4.74 Å². The Bertz CT molecular complexity index is 430. The maximum absolute atomic E-state index is 6.60. The Hall–Kier alpha value is -0.930. The van der Waals surface area contributed by atoms with Crippen LogP contribution in [-0.4, -0.2) is 26.4 Å². The number of halogens is 1. The molecule has 2 rings (SSSR count). The third-order valence-electron chi connectivity index (χ3n) is 3.59. The van der Waals surface area contributed by atoms with E-state index in [0.717, 1.165) is 49.5 Å². The van der Waals surface area contributed by atoms with Crippen molar-refractivity contribution in [1.29, 1.82) is 0 Å². The van der Waals surface area contributed by atoms with Crippen LogP contribution in [0.5, 0.6) is 11.5 Å². The molecule has 1 aliphatic rings. The molecule has 0 spiro atoms. The van der Waals surface area contributed by atoms with E-state index in [1.807, 2.05) is 18.2 Å². The Morgan fingerprint density at radius 2 is 1.90 bits per heavy atom. The van der Waals surface area contributed by atoms with E-state index in [2.05, 4.69) is 13.8 Å². The van der Waals surface area contributed by atoms with E-state index in [4.69, 9.17) is 25.8 Å². The highest BCUT2D eigenvalue weighted by Crippen LogP contribution is 2.38. The molecule has 0 radical (unpaired) electrons. The summed E-state index contributed by atoms with van der Waals surface area (Å²) < 4.78 is 17.0. The van der Waals surface area contributed by atoms with E-state index < -0.39 is 0 Å². The molecule has 0 bridgehead atoms. The van der Waals surface area contributed by atoms with Crippen molar-refractivity contribution in [2.24, 2.45) is 5.92 Å². The number of benzene rings is 1. The highest BCUT2D eigenvalue weighted by Gasteiger charge is 2.26. The van der Waals surface area contributed by atoms with Crippen LogP contribution in [0.25, 0.3) is 0 Å². The van der Waals surface area contributed by atoms with E-state index in [-0.39, 0.29) is 5.38 Å². The molecule has 2 unspecified atom stereocenters. The Morgan fingerprint density at radius 3 is 2.52 bits per heavy atom. The van der Waals surface area contributed by atoms with E-state index in [1.165, 1.54) is 0 Å². The molecule has 1 heterocycles. The van der Waals surface area contributed by atoms with Crippen molar-refractivity contribution in [3.05, 3.63) is 23.8 Å². The Kier molecular flexibility index (Phi) is 6.65. The third kappa shape index (κ3) is 4.52. The first-order valence-electron chi connectivity index (χ1n) is 7.87. The van der Waals surface area contributed by atoms with E-state index in [1.54, 1.807) is 0 Å². The molecule has 4 heteroatoms. The van der Waals surface area contributed by atoms with Gasteiger partial charge in [-0.2, -0.15) is 0 Å². The Balaban J connectivity index is 2.14. The average Bonchev–Trinajstić information content (AvgIpc) is 3.04. The van der Waals surface area contributed by atoms with Gasteiger partial charge in [-0.05, 0) is 37.0 Å². The molecule has 1 saturated heterocycles. The summed E-state index contributed by atoms with van der Waals surface area (Å²) in [6.45, 7) is 7.12. The summed E-state index contributed by atoms with van der Waals surface area (Å²) in [5.41, 5.74) is 1.09. The molecule has 2 atom stereocenters. The van der Waals surface area contributed by atoms with Crippen LogP contribution in [0.4, 0.5) is 0 Å². The van der Waals surface area contributed by atoms with Gasteiger partial charge in [-0.15, -0.1) is 11.6 Å². The second-order valence-electron chi connectivity index (χ2n) is 5.43. The van der Waals surface area contributed by atoms with Gasteiger partial charge in [0.25, 0.3) is 0 Å². The molecule has 1 aliphatic heterocycles. The van der Waals surface area contributed by atoms with Gasteiger partial charge in [0.1, 0.15) is 0 Å². The molecule has 1 aromatic carbocycles. The molecule has 118 valence electrons. The highest BCUT2D eigenvalue weighted by molar-refractivity contribution is 6.21. The molecule has 0 saturated carbocycles. The number of hydrogen-bond donors (Lipinski definition) is 0. The van der Waals surface area contributed by atoms with Crippen LogP contribution in [0.2, 0.25) is 0 Å². The number of rotatable bonds is 8. The van der Waals surface area contributed by atoms with Crippen molar-refractivity contribution in [2.75, 3.05) is 26.4 Å². The maximum atomic E-state index is 6.60. The normalized spacial score (nSPS) is 19.5. The molecule has 0 aliphatic carbocycles. The van der Waals surface area contributed by atoms with Crippen molar-refractivity contribution in [1.82, 2.24) is 0 Å². The number of alkyl halides is 1. The zero-order chi connectivity index (χ0) is 15.1. The van der Waals surface area contributed by atoms with E-state index in [9.17, 15) is 0 Å². The smallest absolute Gasteiger partial charge is 0.161 e. The summed E-state index contributed by atoms with van der Waals surface area (Å²) >= 11 is 6.60. The van der Waals surface area contributed by atoms with Gasteiger partial charge in [-0.25, -0.2) is 0 Å². The van der Waals surface area contributed by atoms with Gasteiger partial charge in [0.15, 0.2) is 11.5 Å². The first-order chi connectivity index (χ1) is 10.3. The van der Waals surface area contributed by atoms with Crippen LogP contribution < -0.4 is 9.47 Å². The van der Waals surface area contributed by atoms with Gasteiger partial charge in [0.2, 0.25) is 0 Å². The van der Waals surface area contributed by atoms with E-state index in [0.29, 0.717) is 19.1 Å². The molecule has 1 fully saturated rings. The SMILES string of the molecule is CCCOc1ccc(C(Cl)C2CCOC2)cc1OCCC. The van der Waals surface area contributed by atoms with Crippen LogP contribution in [0.3, 0.4) is 0 Å². The lowest BCUT2D eigenvalue weighted by Gasteiger charge is -2.19. The summed E-state index contributed by atoms with van der Waals surface area (Å²) in [5.74, 6) is 1.99. The van der Waals surface area contributed by atoms with Crippen molar-refractivity contribution in [3.8, 4) is 11.5 Å². The molecule has 0 amide bonds. The minimum absolute atomic E-state index is 0.0308. The third-order valence-corrected chi connectivity index (χ3v) is 4.20. The summed E-state index contributed by atoms with van der Waals surface area (Å²) in [6, 6.07) is 6.04. The summed E-state index contributed by atoms with van der Waals surface area (Å²) in [5, 5.41) is -0.0308. The first-order valence-corrected chi connectivity index (χ1v) is 8.31. The summed E-state index contributed by atoms with van der Waals surface area (Å²) in [7, 11) is 0. The molecular formula is C17H25ClO3. The lowest BCUT2D eigenvalue weighted by Crippen LogP contribution is -2.08. The molecule has 21 heavy (non-hydrogen) atoms. The zero-order valence-corrected chi connectivity index (χ0v) is 13.7. The van der Waals surface area contributed by atoms with Crippen LogP contribution >= 0.6 is 11.6 Å². The minimum Gasteiger partial charge on any atom is -0.490 e. The van der Waals surface area contributed by atoms with Crippen molar-refractivity contribution in [2.45, 2.75) is 38.5 Å². The zero-order valence-electron chi connectivity index (χ0n) is 12.9. The standard InChI is InChI=1S/C17H25ClO3/c1-3-8-20-15-6-5-13(11-16(15)21-9-4-2)17(18)14-7-10-19-12-14/h5-6,11,14,17H,3-4,7-10,12H2,1-2H3. The lowest BCUT2D eigenvalue weighted by atomic mass is 9.98. The van der Waals surface area contributed by atoms with Crippen molar-refractivity contribution in [3.63, 3.8) is 0 Å². The molecular weight excluding hydrogens is 288 g/mol. The Labute approximate surface area is 132 Å². The van der Waals surface area contributed by atoms with Gasteiger partial charge < -0.3 is 14.2 Å². The predicted molar refractivity (Wildman–Crippen MR) is 85.5 cm³/mol. The fourth-order valence-corrected chi connectivity index (χ4v) is 2.74. The molecule has 0 aromatic heterocycles. The summed E-state index contributed by atoms with van der Waals surface area (Å²) in [4.78, 5) is 0. The molecule has 1 aromatic rings. The molecule has 0 N–H and O–H groups in total. The second kappa shape index (κ2) is 8.50. The van der Waals surface area contributed by atoms with E-state index >= 15 is 0 Å². The Morgan fingerprint density at radius 1 is 1.19 bits per heavy atom. The van der Waals surface area contributed by atoms with Gasteiger partial charge in [-0.1, -0.05) is 19.9 Å². The maximum Gasteiger partial charge on any atom is 0.161 e. The van der Waals surface area contributed by atoms with Crippen LogP contribution in [0, 0.1) is 5.92 Å². The monoisotopic (exact) mass is 312 g/mol.